The third kappa shape index (κ3) is 2.41. The quantitative estimate of drug-likeness (QED) is 0.563. The third-order valence-corrected chi connectivity index (χ3v) is 11.8. The Morgan fingerprint density at radius 3 is 2.72 bits per heavy atom. The first kappa shape index (κ1) is 17.3. The maximum absolute atomic E-state index is 10.7. The van der Waals surface area contributed by atoms with Gasteiger partial charge in [0.1, 0.15) is 0 Å². The van der Waals surface area contributed by atoms with Crippen LogP contribution in [0.2, 0.25) is 0 Å². The second-order valence-corrected chi connectivity index (χ2v) is 12.8. The van der Waals surface area contributed by atoms with Gasteiger partial charge in [-0.1, -0.05) is 37.6 Å². The fraction of sp³-hybridized carbons (Fsp3) is 0.818. The van der Waals surface area contributed by atoms with Crippen molar-refractivity contribution in [3.05, 3.63) is 23.8 Å². The van der Waals surface area contributed by atoms with Crippen molar-refractivity contribution in [2.24, 2.45) is 35.0 Å². The van der Waals surface area contributed by atoms with E-state index in [2.05, 4.69) is 50.0 Å². The van der Waals surface area contributed by atoms with Crippen LogP contribution in [0.4, 0.5) is 0 Å². The zero-order valence-corrected chi connectivity index (χ0v) is 17.3. The number of hydrogen-bond donors (Lipinski definition) is 1. The summed E-state index contributed by atoms with van der Waals surface area (Å²) in [5.74, 6) is 6.29. The summed E-state index contributed by atoms with van der Waals surface area (Å²) in [7, 11) is 0. The van der Waals surface area contributed by atoms with Gasteiger partial charge in [-0.15, -0.1) is 23.5 Å². The van der Waals surface area contributed by atoms with E-state index in [0.717, 1.165) is 30.6 Å². The number of thioether (sulfide) groups is 2. The first-order chi connectivity index (χ1) is 11.9. The van der Waals surface area contributed by atoms with Gasteiger partial charge in [-0.25, -0.2) is 0 Å². The number of hydrogen-bond acceptors (Lipinski definition) is 3. The van der Waals surface area contributed by atoms with Crippen LogP contribution in [0.5, 0.6) is 0 Å². The van der Waals surface area contributed by atoms with Gasteiger partial charge in [-0.3, -0.25) is 0 Å². The first-order valence-electron chi connectivity index (χ1n) is 10.3. The van der Waals surface area contributed by atoms with Crippen LogP contribution in [-0.2, 0) is 0 Å². The smallest absolute Gasteiger partial charge is 0.0794 e. The Labute approximate surface area is 161 Å². The minimum Gasteiger partial charge on any atom is -0.393 e. The lowest BCUT2D eigenvalue weighted by Gasteiger charge is -2.57. The van der Waals surface area contributed by atoms with E-state index in [0.29, 0.717) is 15.9 Å². The highest BCUT2D eigenvalue weighted by molar-refractivity contribution is 8.21. The van der Waals surface area contributed by atoms with E-state index < -0.39 is 0 Å². The molecular weight excluding hydrogens is 344 g/mol. The zero-order valence-electron chi connectivity index (χ0n) is 15.7. The predicted octanol–water partition coefficient (Wildman–Crippen LogP) is 5.51. The van der Waals surface area contributed by atoms with Crippen molar-refractivity contribution in [2.75, 3.05) is 11.5 Å². The molecule has 1 N–H and O–H groups in total. The van der Waals surface area contributed by atoms with E-state index in [9.17, 15) is 5.11 Å². The van der Waals surface area contributed by atoms with Crippen molar-refractivity contribution in [3.8, 4) is 0 Å². The molecule has 1 heterocycles. The van der Waals surface area contributed by atoms with Gasteiger partial charge in [0, 0.05) is 16.9 Å². The fourth-order valence-corrected chi connectivity index (χ4v) is 10.6. The molecular formula is C22H32OS2. The Kier molecular flexibility index (Phi) is 4.01. The number of rotatable bonds is 0. The third-order valence-electron chi connectivity index (χ3n) is 8.43. The van der Waals surface area contributed by atoms with Crippen LogP contribution in [0.1, 0.15) is 52.4 Å². The van der Waals surface area contributed by atoms with Crippen LogP contribution in [0.25, 0.3) is 0 Å². The van der Waals surface area contributed by atoms with Gasteiger partial charge in [0.05, 0.1) is 10.2 Å². The molecule has 3 saturated carbocycles. The maximum Gasteiger partial charge on any atom is 0.0794 e. The largest absolute Gasteiger partial charge is 0.393 e. The summed E-state index contributed by atoms with van der Waals surface area (Å²) in [6, 6.07) is 0. The first-order valence-corrected chi connectivity index (χ1v) is 12.3. The monoisotopic (exact) mass is 376 g/mol. The molecule has 0 aromatic heterocycles. The Morgan fingerprint density at radius 1 is 1.20 bits per heavy atom. The van der Waals surface area contributed by atoms with Gasteiger partial charge in [-0.2, -0.15) is 0 Å². The second-order valence-electron chi connectivity index (χ2n) is 9.70. The predicted molar refractivity (Wildman–Crippen MR) is 110 cm³/mol. The highest BCUT2D eigenvalue weighted by Crippen LogP contribution is 2.66. The summed E-state index contributed by atoms with van der Waals surface area (Å²) in [5, 5.41) is 10.7. The topological polar surface area (TPSA) is 20.2 Å². The number of aliphatic hydroxyl groups excluding tert-OH is 1. The molecule has 4 unspecified atom stereocenters. The Hall–Kier alpha value is 0.140. The summed E-state index contributed by atoms with van der Waals surface area (Å²) in [4.78, 5) is 0. The van der Waals surface area contributed by atoms with E-state index in [1.54, 1.807) is 5.57 Å². The molecule has 5 aliphatic rings. The Balaban J connectivity index is 1.51. The molecule has 138 valence electrons. The molecule has 25 heavy (non-hydrogen) atoms. The van der Waals surface area contributed by atoms with Gasteiger partial charge in [0.15, 0.2) is 0 Å². The van der Waals surface area contributed by atoms with Crippen molar-refractivity contribution in [1.29, 1.82) is 0 Å². The average molecular weight is 377 g/mol. The summed E-state index contributed by atoms with van der Waals surface area (Å²) < 4.78 is 0.409. The minimum atomic E-state index is -0.111. The van der Waals surface area contributed by atoms with E-state index in [1.807, 2.05) is 0 Å². The van der Waals surface area contributed by atoms with E-state index in [4.69, 9.17) is 0 Å². The van der Waals surface area contributed by atoms with Gasteiger partial charge >= 0.3 is 0 Å². The van der Waals surface area contributed by atoms with Crippen molar-refractivity contribution >= 4 is 23.5 Å². The molecule has 0 bridgehead atoms. The number of aliphatic hydroxyl groups is 1. The summed E-state index contributed by atoms with van der Waals surface area (Å²) >= 11 is 4.40. The fourth-order valence-electron chi connectivity index (χ4n) is 7.39. The average Bonchev–Trinajstić information content (AvgIpc) is 3.12. The van der Waals surface area contributed by atoms with E-state index in [1.165, 1.54) is 42.8 Å². The molecule has 1 aliphatic heterocycles. The van der Waals surface area contributed by atoms with E-state index >= 15 is 0 Å². The summed E-state index contributed by atoms with van der Waals surface area (Å²) in [6.07, 6.45) is 9.92. The van der Waals surface area contributed by atoms with Crippen molar-refractivity contribution in [3.63, 3.8) is 0 Å². The van der Waals surface area contributed by atoms with Crippen LogP contribution >= 0.6 is 23.5 Å². The molecule has 0 aromatic rings. The van der Waals surface area contributed by atoms with Gasteiger partial charge in [0.25, 0.3) is 0 Å². The van der Waals surface area contributed by atoms with Crippen LogP contribution in [0.3, 0.4) is 0 Å². The van der Waals surface area contributed by atoms with Crippen LogP contribution in [-0.4, -0.2) is 26.8 Å². The Bertz CT molecular complexity index is 620. The van der Waals surface area contributed by atoms with Gasteiger partial charge in [0.2, 0.25) is 0 Å². The summed E-state index contributed by atoms with van der Waals surface area (Å²) in [6.45, 7) is 9.46. The van der Waals surface area contributed by atoms with E-state index in [-0.39, 0.29) is 11.5 Å². The second kappa shape index (κ2) is 5.82. The zero-order chi connectivity index (χ0) is 17.4. The molecule has 0 amide bonds. The standard InChI is InChI=1S/C22H32OS2/c1-13-10-15-12-22(24-8-9-25-22)7-6-16(15)19-14(2)11-21(3)17(20(13)19)4-5-18(21)23/h12-13,16-20,23H,2,4-11H2,1,3H3/t13-,16?,17?,18+,19?,20?,21+/m1/s1. The molecule has 1 spiro atoms. The minimum absolute atomic E-state index is 0.0980. The summed E-state index contributed by atoms with van der Waals surface area (Å²) in [5.41, 5.74) is 3.33. The number of fused-ring (bicyclic) bond motifs is 5. The molecule has 1 saturated heterocycles. The molecule has 4 fully saturated rings. The highest BCUT2D eigenvalue weighted by Gasteiger charge is 2.59. The lowest BCUT2D eigenvalue weighted by Crippen LogP contribution is -2.51. The molecule has 4 aliphatic carbocycles. The number of allylic oxidation sites excluding steroid dienone is 2. The van der Waals surface area contributed by atoms with Crippen LogP contribution < -0.4 is 0 Å². The van der Waals surface area contributed by atoms with Crippen LogP contribution in [0.15, 0.2) is 23.8 Å². The molecule has 5 rings (SSSR count). The van der Waals surface area contributed by atoms with Crippen LogP contribution in [0, 0.1) is 35.0 Å². The van der Waals surface area contributed by atoms with Crippen molar-refractivity contribution in [1.82, 2.24) is 0 Å². The molecule has 0 aromatic carbocycles. The van der Waals surface area contributed by atoms with Crippen molar-refractivity contribution < 1.29 is 5.11 Å². The van der Waals surface area contributed by atoms with Crippen molar-refractivity contribution in [2.45, 2.75) is 62.6 Å². The normalized spacial score (nSPS) is 51.0. The molecule has 0 radical (unpaired) electrons. The SMILES string of the molecule is C=C1C[C@@]2(C)C(CC[C@@H]2O)C2C1C1CCC3(C=C1C[C@H]2C)SCCS3. The molecule has 3 heteroatoms. The van der Waals surface area contributed by atoms with Gasteiger partial charge in [-0.05, 0) is 68.1 Å². The van der Waals surface area contributed by atoms with Gasteiger partial charge < -0.3 is 5.11 Å². The highest BCUT2D eigenvalue weighted by atomic mass is 32.2. The molecule has 1 nitrogen and oxygen atoms in total. The maximum atomic E-state index is 10.7. The Morgan fingerprint density at radius 2 is 1.96 bits per heavy atom. The lowest BCUT2D eigenvalue weighted by atomic mass is 9.48. The molecule has 7 atom stereocenters. The lowest BCUT2D eigenvalue weighted by molar-refractivity contribution is -0.0431.